The molecule has 0 aliphatic carbocycles. The van der Waals surface area contributed by atoms with Crippen molar-refractivity contribution < 1.29 is 22.7 Å². The average Bonchev–Trinajstić information content (AvgIpc) is 2.27. The largest absolute Gasteiger partial charge is 0.468 e. The molecule has 0 unspecified atom stereocenters. The van der Waals surface area contributed by atoms with E-state index in [0.29, 0.717) is 11.8 Å². The van der Waals surface area contributed by atoms with Crippen LogP contribution >= 0.6 is 0 Å². The summed E-state index contributed by atoms with van der Waals surface area (Å²) in [5.41, 5.74) is 0.506. The molecule has 17 heavy (non-hydrogen) atoms. The van der Waals surface area contributed by atoms with Gasteiger partial charge in [-0.05, 0) is 6.07 Å². The highest BCUT2D eigenvalue weighted by Crippen LogP contribution is 2.16. The zero-order valence-electron chi connectivity index (χ0n) is 8.62. The van der Waals surface area contributed by atoms with E-state index in [9.17, 15) is 18.0 Å². The van der Waals surface area contributed by atoms with E-state index in [2.05, 4.69) is 21.6 Å². The molecule has 90 valence electrons. The first kappa shape index (κ1) is 13.0. The van der Waals surface area contributed by atoms with Crippen molar-refractivity contribution in [1.82, 2.24) is 4.98 Å². The third-order valence-corrected chi connectivity index (χ3v) is 1.54. The Morgan fingerprint density at radius 1 is 1.41 bits per heavy atom. The van der Waals surface area contributed by atoms with Crippen molar-refractivity contribution in [3.63, 3.8) is 0 Å². The van der Waals surface area contributed by atoms with Gasteiger partial charge in [-0.2, -0.15) is 13.2 Å². The summed E-state index contributed by atoms with van der Waals surface area (Å²) in [6.45, 7) is -1.38. The zero-order valence-corrected chi connectivity index (χ0v) is 8.62. The number of pyridine rings is 1. The highest BCUT2D eigenvalue weighted by Gasteiger charge is 2.28. The highest BCUT2D eigenvalue weighted by molar-refractivity contribution is 5.54. The Labute approximate surface area is 95.6 Å². The topological polar surface area (TPSA) is 39.2 Å². The van der Waals surface area contributed by atoms with Crippen LogP contribution in [0.25, 0.3) is 0 Å². The molecule has 0 aliphatic rings. The van der Waals surface area contributed by atoms with Gasteiger partial charge in [0.2, 0.25) is 5.88 Å². The van der Waals surface area contributed by atoms with Gasteiger partial charge in [-0.25, -0.2) is 4.98 Å². The number of ether oxygens (including phenoxy) is 1. The Kier molecular flexibility index (Phi) is 4.52. The van der Waals surface area contributed by atoms with E-state index in [1.165, 1.54) is 18.3 Å². The fourth-order valence-corrected chi connectivity index (χ4v) is 0.890. The summed E-state index contributed by atoms with van der Waals surface area (Å²) in [7, 11) is 0. The number of aldehydes is 1. The molecule has 0 amide bonds. The van der Waals surface area contributed by atoms with Gasteiger partial charge in [0, 0.05) is 17.8 Å². The molecule has 1 rings (SSSR count). The molecule has 3 nitrogen and oxygen atoms in total. The molecule has 0 spiro atoms. The van der Waals surface area contributed by atoms with Crippen LogP contribution in [-0.4, -0.2) is 24.1 Å². The van der Waals surface area contributed by atoms with Crippen LogP contribution < -0.4 is 4.74 Å². The Balaban J connectivity index is 2.57. The van der Waals surface area contributed by atoms with Gasteiger partial charge in [0.1, 0.15) is 6.29 Å². The van der Waals surface area contributed by atoms with Crippen molar-refractivity contribution in [2.24, 2.45) is 0 Å². The number of hydrogen-bond acceptors (Lipinski definition) is 3. The number of aromatic nitrogens is 1. The third kappa shape index (κ3) is 5.56. The normalized spacial score (nSPS) is 10.3. The molecule has 0 radical (unpaired) electrons. The molecule has 0 aliphatic heterocycles. The van der Waals surface area contributed by atoms with Crippen molar-refractivity contribution in [1.29, 1.82) is 0 Å². The maximum Gasteiger partial charge on any atom is 0.422 e. The van der Waals surface area contributed by atoms with Crippen LogP contribution in [0.3, 0.4) is 0 Å². The van der Waals surface area contributed by atoms with Crippen LogP contribution in [0.2, 0.25) is 0 Å². The van der Waals surface area contributed by atoms with Crippen molar-refractivity contribution in [2.75, 3.05) is 6.61 Å². The van der Waals surface area contributed by atoms with Gasteiger partial charge in [-0.15, -0.1) is 0 Å². The van der Waals surface area contributed by atoms with Gasteiger partial charge in [-0.3, -0.25) is 0 Å². The number of alkyl halides is 3. The molecule has 1 aromatic rings. The minimum absolute atomic E-state index is 0.103. The summed E-state index contributed by atoms with van der Waals surface area (Å²) in [5.74, 6) is 5.05. The van der Waals surface area contributed by atoms with Crippen LogP contribution in [0.5, 0.6) is 5.88 Å². The van der Waals surface area contributed by atoms with Gasteiger partial charge < -0.3 is 9.53 Å². The van der Waals surface area contributed by atoms with Gasteiger partial charge in [0.05, 0.1) is 6.42 Å². The predicted molar refractivity (Wildman–Crippen MR) is 53.3 cm³/mol. The van der Waals surface area contributed by atoms with Crippen molar-refractivity contribution in [2.45, 2.75) is 12.6 Å². The minimum atomic E-state index is -4.38. The number of carbonyl (C=O) groups is 1. The molecule has 1 aromatic heterocycles. The molecule has 0 atom stereocenters. The Morgan fingerprint density at radius 2 is 2.18 bits per heavy atom. The predicted octanol–water partition coefficient (Wildman–Crippen LogP) is 1.96. The number of rotatable bonds is 3. The second-order valence-corrected chi connectivity index (χ2v) is 2.96. The first-order valence-electron chi connectivity index (χ1n) is 4.59. The summed E-state index contributed by atoms with van der Waals surface area (Å²) in [4.78, 5) is 13.6. The van der Waals surface area contributed by atoms with Crippen LogP contribution in [0.1, 0.15) is 12.0 Å². The lowest BCUT2D eigenvalue weighted by Gasteiger charge is -2.07. The molecular formula is C11H8F3NO2. The number of nitrogens with zero attached hydrogens (tertiary/aromatic N) is 1. The summed E-state index contributed by atoms with van der Waals surface area (Å²) < 4.78 is 39.9. The Bertz CT molecular complexity index is 429. The SMILES string of the molecule is O=CCC#Cc1ccc(OCC(F)(F)F)nc1. The number of halogens is 3. The zero-order chi connectivity index (χ0) is 12.7. The fourth-order valence-electron chi connectivity index (χ4n) is 0.890. The van der Waals surface area contributed by atoms with E-state index in [1.807, 2.05) is 0 Å². The van der Waals surface area contributed by atoms with Crippen LogP contribution in [0.4, 0.5) is 13.2 Å². The van der Waals surface area contributed by atoms with E-state index in [0.717, 1.165) is 0 Å². The fraction of sp³-hybridized carbons (Fsp3) is 0.273. The van der Waals surface area contributed by atoms with Gasteiger partial charge in [0.15, 0.2) is 6.61 Å². The van der Waals surface area contributed by atoms with Gasteiger partial charge in [0.25, 0.3) is 0 Å². The van der Waals surface area contributed by atoms with E-state index in [4.69, 9.17) is 0 Å². The molecule has 1 heterocycles. The lowest BCUT2D eigenvalue weighted by molar-refractivity contribution is -0.154. The Morgan fingerprint density at radius 3 is 2.71 bits per heavy atom. The van der Waals surface area contributed by atoms with Gasteiger partial charge >= 0.3 is 6.18 Å². The standard InChI is InChI=1S/C11H8F3NO2/c12-11(13,14)8-17-10-5-4-9(7-15-10)3-1-2-6-16/h4-7H,2,8H2. The van der Waals surface area contributed by atoms with Crippen molar-refractivity contribution in [3.05, 3.63) is 23.9 Å². The first-order valence-corrected chi connectivity index (χ1v) is 4.59. The quantitative estimate of drug-likeness (QED) is 0.601. The molecule has 6 heteroatoms. The van der Waals surface area contributed by atoms with Crippen molar-refractivity contribution in [3.8, 4) is 17.7 Å². The summed E-state index contributed by atoms with van der Waals surface area (Å²) in [5, 5.41) is 0. The lowest BCUT2D eigenvalue weighted by atomic mass is 10.3. The second-order valence-electron chi connectivity index (χ2n) is 2.96. The van der Waals surface area contributed by atoms with E-state index in [-0.39, 0.29) is 12.3 Å². The monoisotopic (exact) mass is 243 g/mol. The maximum atomic E-state index is 11.8. The van der Waals surface area contributed by atoms with Crippen LogP contribution in [0.15, 0.2) is 18.3 Å². The lowest BCUT2D eigenvalue weighted by Crippen LogP contribution is -2.19. The summed E-state index contributed by atoms with van der Waals surface area (Å²) in [6.07, 6.45) is -2.35. The Hall–Kier alpha value is -2.03. The molecule has 0 N–H and O–H groups in total. The van der Waals surface area contributed by atoms with Crippen molar-refractivity contribution >= 4 is 6.29 Å². The van der Waals surface area contributed by atoms with Crippen LogP contribution in [0, 0.1) is 11.8 Å². The smallest absolute Gasteiger partial charge is 0.422 e. The third-order valence-electron chi connectivity index (χ3n) is 1.54. The first-order chi connectivity index (χ1) is 8.01. The molecule has 0 bridgehead atoms. The minimum Gasteiger partial charge on any atom is -0.468 e. The molecule has 0 saturated heterocycles. The summed E-state index contributed by atoms with van der Waals surface area (Å²) >= 11 is 0. The average molecular weight is 243 g/mol. The second kappa shape index (κ2) is 5.89. The molecule has 0 aromatic carbocycles. The summed E-state index contributed by atoms with van der Waals surface area (Å²) in [6, 6.07) is 2.76. The van der Waals surface area contributed by atoms with Crippen LogP contribution in [-0.2, 0) is 4.79 Å². The molecule has 0 fully saturated rings. The van der Waals surface area contributed by atoms with Gasteiger partial charge in [-0.1, -0.05) is 11.8 Å². The van der Waals surface area contributed by atoms with E-state index < -0.39 is 12.8 Å². The molecular weight excluding hydrogens is 235 g/mol. The van der Waals surface area contributed by atoms with E-state index >= 15 is 0 Å². The highest BCUT2D eigenvalue weighted by atomic mass is 19.4. The maximum absolute atomic E-state index is 11.8. The molecule has 0 saturated carbocycles. The van der Waals surface area contributed by atoms with E-state index in [1.54, 1.807) is 0 Å². The number of carbonyl (C=O) groups excluding carboxylic acids is 1. The number of hydrogen-bond donors (Lipinski definition) is 0.